The van der Waals surface area contributed by atoms with E-state index < -0.39 is 0 Å². The first-order valence-electron chi connectivity index (χ1n) is 5.18. The molecule has 2 aromatic heterocycles. The molecule has 0 fully saturated rings. The summed E-state index contributed by atoms with van der Waals surface area (Å²) in [4.78, 5) is 0. The largest absolute Gasteiger partial charge is 0.453 e. The highest BCUT2D eigenvalue weighted by molar-refractivity contribution is 9.10. The maximum absolute atomic E-state index is 5.37. The Labute approximate surface area is 103 Å². The number of nitrogens with zero attached hydrogens (tertiary/aromatic N) is 2. The number of aryl methyl sites for hydroxylation is 1. The van der Waals surface area contributed by atoms with Gasteiger partial charge < -0.3 is 9.73 Å². The summed E-state index contributed by atoms with van der Waals surface area (Å²) in [5.41, 5.74) is 1.19. The lowest BCUT2D eigenvalue weighted by Gasteiger charge is -2.02. The van der Waals surface area contributed by atoms with Crippen molar-refractivity contribution in [2.45, 2.75) is 20.0 Å². The molecule has 2 rings (SSSR count). The second kappa shape index (κ2) is 5.32. The number of nitrogens with one attached hydrogen (secondary N) is 1. The van der Waals surface area contributed by atoms with E-state index in [-0.39, 0.29) is 0 Å². The van der Waals surface area contributed by atoms with Crippen molar-refractivity contribution in [2.75, 3.05) is 6.54 Å². The molecule has 0 aliphatic heterocycles. The molecule has 1 N–H and O–H groups in total. The Morgan fingerprint density at radius 3 is 3.00 bits per heavy atom. The Morgan fingerprint density at radius 1 is 1.50 bits per heavy atom. The molecule has 0 aliphatic carbocycles. The van der Waals surface area contributed by atoms with Crippen LogP contribution >= 0.6 is 15.9 Å². The molecular weight excluding hydrogens is 270 g/mol. The minimum Gasteiger partial charge on any atom is -0.453 e. The topological polar surface area (TPSA) is 43.0 Å². The molecule has 0 saturated carbocycles. The van der Waals surface area contributed by atoms with Crippen LogP contribution < -0.4 is 5.32 Å². The van der Waals surface area contributed by atoms with Crippen molar-refractivity contribution in [3.63, 3.8) is 0 Å². The molecule has 0 bridgehead atoms. The van der Waals surface area contributed by atoms with Crippen LogP contribution in [0.2, 0.25) is 0 Å². The van der Waals surface area contributed by atoms with Gasteiger partial charge in [-0.2, -0.15) is 5.10 Å². The van der Waals surface area contributed by atoms with E-state index in [1.165, 1.54) is 5.56 Å². The van der Waals surface area contributed by atoms with Gasteiger partial charge in [-0.3, -0.25) is 4.68 Å². The first kappa shape index (κ1) is 11.4. The van der Waals surface area contributed by atoms with Crippen LogP contribution in [0.5, 0.6) is 0 Å². The normalized spacial score (nSPS) is 10.9. The lowest BCUT2D eigenvalue weighted by atomic mass is 10.4. The van der Waals surface area contributed by atoms with E-state index in [4.69, 9.17) is 4.42 Å². The predicted octanol–water partition coefficient (Wildman–Crippen LogP) is 2.34. The molecule has 16 heavy (non-hydrogen) atoms. The zero-order valence-corrected chi connectivity index (χ0v) is 10.7. The number of hydrogen-bond acceptors (Lipinski definition) is 3. The molecule has 2 aromatic rings. The molecule has 4 nitrogen and oxygen atoms in total. The smallest absolute Gasteiger partial charge is 0.169 e. The second-order valence-electron chi connectivity index (χ2n) is 3.66. The molecule has 2 heterocycles. The Balaban J connectivity index is 1.69. The molecule has 0 spiro atoms. The van der Waals surface area contributed by atoms with Gasteiger partial charge in [0.1, 0.15) is 5.76 Å². The molecule has 0 unspecified atom stereocenters. The fourth-order valence-corrected chi connectivity index (χ4v) is 1.78. The van der Waals surface area contributed by atoms with Crippen LogP contribution in [-0.2, 0) is 13.1 Å². The summed E-state index contributed by atoms with van der Waals surface area (Å²) in [5.74, 6) is 0.934. The van der Waals surface area contributed by atoms with Gasteiger partial charge >= 0.3 is 0 Å². The van der Waals surface area contributed by atoms with Crippen molar-refractivity contribution in [2.24, 2.45) is 0 Å². The third-order valence-corrected chi connectivity index (χ3v) is 2.63. The lowest BCUT2D eigenvalue weighted by Crippen LogP contribution is -2.19. The molecule has 0 aliphatic rings. The number of aromatic nitrogens is 2. The SMILES string of the molecule is Cc1cnn(CCNCc2ccc(Br)o2)c1. The highest BCUT2D eigenvalue weighted by Crippen LogP contribution is 2.13. The Kier molecular flexibility index (Phi) is 3.79. The minimum atomic E-state index is 0.742. The third-order valence-electron chi connectivity index (χ3n) is 2.21. The van der Waals surface area contributed by atoms with Crippen LogP contribution in [0.25, 0.3) is 0 Å². The van der Waals surface area contributed by atoms with Gasteiger partial charge in [0.15, 0.2) is 4.67 Å². The van der Waals surface area contributed by atoms with E-state index in [9.17, 15) is 0 Å². The summed E-state index contributed by atoms with van der Waals surface area (Å²) in [5, 5.41) is 7.51. The average molecular weight is 284 g/mol. The summed E-state index contributed by atoms with van der Waals surface area (Å²) in [6, 6.07) is 3.85. The highest BCUT2D eigenvalue weighted by Gasteiger charge is 1.98. The fourth-order valence-electron chi connectivity index (χ4n) is 1.44. The van der Waals surface area contributed by atoms with Crippen molar-refractivity contribution in [3.8, 4) is 0 Å². The van der Waals surface area contributed by atoms with Crippen LogP contribution in [0.15, 0.2) is 33.6 Å². The molecule has 0 saturated heterocycles. The molecule has 0 radical (unpaired) electrons. The standard InChI is InChI=1S/C11H14BrN3O/c1-9-6-14-15(8-9)5-4-13-7-10-2-3-11(12)16-10/h2-3,6,8,13H,4-5,7H2,1H3. The van der Waals surface area contributed by atoms with Crippen LogP contribution in [0.4, 0.5) is 0 Å². The van der Waals surface area contributed by atoms with Gasteiger partial charge in [-0.15, -0.1) is 0 Å². The lowest BCUT2D eigenvalue weighted by molar-refractivity contribution is 0.456. The molecule has 86 valence electrons. The zero-order chi connectivity index (χ0) is 11.4. The predicted molar refractivity (Wildman–Crippen MR) is 65.1 cm³/mol. The average Bonchev–Trinajstić information content (AvgIpc) is 2.83. The Morgan fingerprint density at radius 2 is 2.38 bits per heavy atom. The third kappa shape index (κ3) is 3.21. The number of halogens is 1. The molecule has 5 heteroatoms. The van der Waals surface area contributed by atoms with Crippen LogP contribution in [0.1, 0.15) is 11.3 Å². The van der Waals surface area contributed by atoms with Crippen LogP contribution in [0, 0.1) is 6.92 Å². The fraction of sp³-hybridized carbons (Fsp3) is 0.364. The van der Waals surface area contributed by atoms with Crippen molar-refractivity contribution in [1.29, 1.82) is 0 Å². The molecule has 0 amide bonds. The quantitative estimate of drug-likeness (QED) is 0.857. The van der Waals surface area contributed by atoms with Gasteiger partial charge in [-0.25, -0.2) is 0 Å². The Hall–Kier alpha value is -1.07. The summed E-state index contributed by atoms with van der Waals surface area (Å²) in [6.07, 6.45) is 3.90. The van der Waals surface area contributed by atoms with Crippen LogP contribution in [0.3, 0.4) is 0 Å². The minimum absolute atomic E-state index is 0.742. The molecule has 0 aromatic carbocycles. The molecular formula is C11H14BrN3O. The second-order valence-corrected chi connectivity index (χ2v) is 4.44. The van der Waals surface area contributed by atoms with Crippen molar-refractivity contribution < 1.29 is 4.42 Å². The maximum Gasteiger partial charge on any atom is 0.169 e. The summed E-state index contributed by atoms with van der Waals surface area (Å²) >= 11 is 3.27. The van der Waals surface area contributed by atoms with Gasteiger partial charge in [0, 0.05) is 12.7 Å². The van der Waals surface area contributed by atoms with Gasteiger partial charge in [-0.05, 0) is 40.5 Å². The van der Waals surface area contributed by atoms with Gasteiger partial charge in [-0.1, -0.05) is 0 Å². The summed E-state index contributed by atoms with van der Waals surface area (Å²) < 4.78 is 8.07. The van der Waals surface area contributed by atoms with Crippen molar-refractivity contribution in [3.05, 3.63) is 40.5 Å². The van der Waals surface area contributed by atoms with E-state index in [1.807, 2.05) is 36.1 Å². The first-order valence-corrected chi connectivity index (χ1v) is 5.97. The van der Waals surface area contributed by atoms with Gasteiger partial charge in [0.25, 0.3) is 0 Å². The van der Waals surface area contributed by atoms with E-state index >= 15 is 0 Å². The van der Waals surface area contributed by atoms with Crippen LogP contribution in [-0.4, -0.2) is 16.3 Å². The first-order chi connectivity index (χ1) is 7.74. The van der Waals surface area contributed by atoms with Gasteiger partial charge in [0.2, 0.25) is 0 Å². The van der Waals surface area contributed by atoms with Gasteiger partial charge in [0.05, 0.1) is 19.3 Å². The van der Waals surface area contributed by atoms with E-state index in [0.717, 1.165) is 30.1 Å². The summed E-state index contributed by atoms with van der Waals surface area (Å²) in [6.45, 7) is 4.53. The number of furan rings is 1. The number of rotatable bonds is 5. The summed E-state index contributed by atoms with van der Waals surface area (Å²) in [7, 11) is 0. The zero-order valence-electron chi connectivity index (χ0n) is 9.11. The van der Waals surface area contributed by atoms with E-state index in [0.29, 0.717) is 0 Å². The Bertz CT molecular complexity index is 407. The van der Waals surface area contributed by atoms with Crippen molar-refractivity contribution >= 4 is 15.9 Å². The monoisotopic (exact) mass is 283 g/mol. The molecule has 0 atom stereocenters. The highest BCUT2D eigenvalue weighted by atomic mass is 79.9. The van der Waals surface area contributed by atoms with E-state index in [2.05, 4.69) is 26.3 Å². The maximum atomic E-state index is 5.37. The van der Waals surface area contributed by atoms with Crippen molar-refractivity contribution in [1.82, 2.24) is 15.1 Å². The number of hydrogen-bond donors (Lipinski definition) is 1. The van der Waals surface area contributed by atoms with E-state index in [1.54, 1.807) is 0 Å².